The molecule has 20 heavy (non-hydrogen) atoms. The summed E-state index contributed by atoms with van der Waals surface area (Å²) < 4.78 is 5.00. The van der Waals surface area contributed by atoms with Gasteiger partial charge in [0, 0.05) is 43.4 Å². The lowest BCUT2D eigenvalue weighted by atomic mass is 10.1. The summed E-state index contributed by atoms with van der Waals surface area (Å²) in [4.78, 5) is 15.6. The van der Waals surface area contributed by atoms with E-state index in [1.807, 2.05) is 19.1 Å². The van der Waals surface area contributed by atoms with Crippen molar-refractivity contribution in [1.29, 1.82) is 0 Å². The van der Waals surface area contributed by atoms with Crippen LogP contribution in [0.15, 0.2) is 18.2 Å². The molecule has 1 aromatic rings. The van der Waals surface area contributed by atoms with Crippen LogP contribution >= 0.6 is 11.6 Å². The van der Waals surface area contributed by atoms with Gasteiger partial charge in [0.25, 0.3) is 0 Å². The fourth-order valence-electron chi connectivity index (χ4n) is 2.26. The predicted molar refractivity (Wildman–Crippen MR) is 79.7 cm³/mol. The molecule has 1 aliphatic rings. The van der Waals surface area contributed by atoms with Crippen molar-refractivity contribution in [3.05, 3.63) is 28.8 Å². The molecule has 0 saturated carbocycles. The molecule has 6 heteroatoms. The van der Waals surface area contributed by atoms with Gasteiger partial charge in [-0.1, -0.05) is 11.6 Å². The smallest absolute Gasteiger partial charge is 0.409 e. The molecule has 0 aliphatic carbocycles. The average Bonchev–Trinajstić information content (AvgIpc) is 2.44. The van der Waals surface area contributed by atoms with Crippen molar-refractivity contribution in [3.63, 3.8) is 0 Å². The maximum Gasteiger partial charge on any atom is 0.409 e. The highest BCUT2D eigenvalue weighted by atomic mass is 35.5. The Morgan fingerprint density at radius 3 is 2.70 bits per heavy atom. The van der Waals surface area contributed by atoms with E-state index in [4.69, 9.17) is 22.1 Å². The van der Waals surface area contributed by atoms with E-state index in [2.05, 4.69) is 4.90 Å². The maximum atomic E-state index is 11.6. The summed E-state index contributed by atoms with van der Waals surface area (Å²) in [5, 5.41) is 0.694. The van der Waals surface area contributed by atoms with E-state index in [1.165, 1.54) is 0 Å². The number of piperazine rings is 1. The van der Waals surface area contributed by atoms with Crippen molar-refractivity contribution in [2.75, 3.05) is 38.5 Å². The Bertz CT molecular complexity index is 473. The molecule has 1 saturated heterocycles. The number of nitrogens with two attached hydrogens (primary N) is 1. The Kier molecular flexibility index (Phi) is 5.09. The first-order valence-electron chi connectivity index (χ1n) is 6.78. The summed E-state index contributed by atoms with van der Waals surface area (Å²) in [5.41, 5.74) is 7.73. The summed E-state index contributed by atoms with van der Waals surface area (Å²) >= 11 is 5.99. The molecule has 0 aromatic heterocycles. The number of amides is 1. The SMILES string of the molecule is CCOC(=O)N1CCN(Cc2cc(Cl)ccc2N)CC1. The van der Waals surface area contributed by atoms with Crippen LogP contribution in [-0.2, 0) is 11.3 Å². The van der Waals surface area contributed by atoms with Crippen LogP contribution < -0.4 is 5.73 Å². The van der Waals surface area contributed by atoms with Crippen LogP contribution in [0.3, 0.4) is 0 Å². The van der Waals surface area contributed by atoms with Crippen LogP contribution in [0.4, 0.5) is 10.5 Å². The second kappa shape index (κ2) is 6.81. The number of nitrogens with zero attached hydrogens (tertiary/aromatic N) is 2. The van der Waals surface area contributed by atoms with Crippen molar-refractivity contribution in [2.24, 2.45) is 0 Å². The number of hydrogen-bond acceptors (Lipinski definition) is 4. The number of halogens is 1. The van der Waals surface area contributed by atoms with Crippen molar-refractivity contribution < 1.29 is 9.53 Å². The Morgan fingerprint density at radius 2 is 2.05 bits per heavy atom. The van der Waals surface area contributed by atoms with Crippen molar-refractivity contribution in [3.8, 4) is 0 Å². The Balaban J connectivity index is 1.88. The first-order valence-corrected chi connectivity index (χ1v) is 7.16. The molecule has 1 amide bonds. The van der Waals surface area contributed by atoms with Gasteiger partial charge < -0.3 is 15.4 Å². The third-order valence-corrected chi connectivity index (χ3v) is 3.63. The van der Waals surface area contributed by atoms with Gasteiger partial charge in [0.15, 0.2) is 0 Å². The lowest BCUT2D eigenvalue weighted by Gasteiger charge is -2.34. The molecule has 0 bridgehead atoms. The van der Waals surface area contributed by atoms with Crippen LogP contribution in [0, 0.1) is 0 Å². The minimum absolute atomic E-state index is 0.227. The molecule has 0 atom stereocenters. The Hall–Kier alpha value is -1.46. The lowest BCUT2D eigenvalue weighted by molar-refractivity contribution is 0.0779. The molecule has 2 N–H and O–H groups in total. The summed E-state index contributed by atoms with van der Waals surface area (Å²) in [5.74, 6) is 0. The fourth-order valence-corrected chi connectivity index (χ4v) is 2.45. The monoisotopic (exact) mass is 297 g/mol. The lowest BCUT2D eigenvalue weighted by Crippen LogP contribution is -2.48. The molecule has 0 unspecified atom stereocenters. The highest BCUT2D eigenvalue weighted by Crippen LogP contribution is 2.20. The molecule has 0 radical (unpaired) electrons. The number of ether oxygens (including phenoxy) is 1. The van der Waals surface area contributed by atoms with E-state index in [0.717, 1.165) is 30.9 Å². The van der Waals surface area contributed by atoms with Crippen molar-refractivity contribution in [1.82, 2.24) is 9.80 Å². The average molecular weight is 298 g/mol. The zero-order valence-electron chi connectivity index (χ0n) is 11.6. The number of hydrogen-bond donors (Lipinski definition) is 1. The van der Waals surface area contributed by atoms with E-state index < -0.39 is 0 Å². The van der Waals surface area contributed by atoms with Gasteiger partial charge in [-0.2, -0.15) is 0 Å². The number of nitrogen functional groups attached to an aromatic ring is 1. The van der Waals surface area contributed by atoms with Crippen LogP contribution in [0.25, 0.3) is 0 Å². The second-order valence-electron chi connectivity index (χ2n) is 4.81. The van der Waals surface area contributed by atoms with Gasteiger partial charge in [-0.05, 0) is 30.7 Å². The van der Waals surface area contributed by atoms with E-state index in [1.54, 1.807) is 11.0 Å². The molecular formula is C14H20ClN3O2. The van der Waals surface area contributed by atoms with Crippen LogP contribution in [0.2, 0.25) is 5.02 Å². The van der Waals surface area contributed by atoms with Gasteiger partial charge >= 0.3 is 6.09 Å². The topological polar surface area (TPSA) is 58.8 Å². The van der Waals surface area contributed by atoms with Crippen LogP contribution in [-0.4, -0.2) is 48.7 Å². The minimum Gasteiger partial charge on any atom is -0.450 e. The molecule has 5 nitrogen and oxygen atoms in total. The molecule has 1 aromatic carbocycles. The molecule has 110 valence electrons. The van der Waals surface area contributed by atoms with Gasteiger partial charge in [-0.15, -0.1) is 0 Å². The van der Waals surface area contributed by atoms with Gasteiger partial charge in [-0.25, -0.2) is 4.79 Å². The molecule has 1 fully saturated rings. The van der Waals surface area contributed by atoms with E-state index >= 15 is 0 Å². The summed E-state index contributed by atoms with van der Waals surface area (Å²) in [7, 11) is 0. The quantitative estimate of drug-likeness (QED) is 0.869. The van der Waals surface area contributed by atoms with Gasteiger partial charge in [0.1, 0.15) is 0 Å². The van der Waals surface area contributed by atoms with Crippen LogP contribution in [0.1, 0.15) is 12.5 Å². The summed E-state index contributed by atoms with van der Waals surface area (Å²) in [6, 6.07) is 5.51. The van der Waals surface area contributed by atoms with E-state index in [-0.39, 0.29) is 6.09 Å². The Labute approximate surface area is 124 Å². The molecule has 1 heterocycles. The van der Waals surface area contributed by atoms with Crippen molar-refractivity contribution >= 4 is 23.4 Å². The second-order valence-corrected chi connectivity index (χ2v) is 5.24. The number of carbonyl (C=O) groups excluding carboxylic acids is 1. The fraction of sp³-hybridized carbons (Fsp3) is 0.500. The summed E-state index contributed by atoms with van der Waals surface area (Å²) in [6.07, 6.45) is -0.227. The third kappa shape index (κ3) is 3.77. The van der Waals surface area contributed by atoms with Crippen molar-refractivity contribution in [2.45, 2.75) is 13.5 Å². The standard InChI is InChI=1S/C14H20ClN3O2/c1-2-20-14(19)18-7-5-17(6-8-18)10-11-9-12(15)3-4-13(11)16/h3-4,9H,2,5-8,10,16H2,1H3. The predicted octanol–water partition coefficient (Wildman–Crippen LogP) is 2.20. The van der Waals surface area contributed by atoms with E-state index in [9.17, 15) is 4.79 Å². The zero-order valence-corrected chi connectivity index (χ0v) is 12.4. The first-order chi connectivity index (χ1) is 9.60. The zero-order chi connectivity index (χ0) is 14.5. The molecule has 2 rings (SSSR count). The molecular weight excluding hydrogens is 278 g/mol. The number of benzene rings is 1. The number of rotatable bonds is 3. The number of carbonyl (C=O) groups is 1. The van der Waals surface area contributed by atoms with E-state index in [0.29, 0.717) is 24.7 Å². The Morgan fingerprint density at radius 1 is 1.35 bits per heavy atom. The molecule has 1 aliphatic heterocycles. The largest absolute Gasteiger partial charge is 0.450 e. The first kappa shape index (κ1) is 14.9. The molecule has 0 spiro atoms. The highest BCUT2D eigenvalue weighted by Gasteiger charge is 2.22. The van der Waals surface area contributed by atoms with Gasteiger partial charge in [0.2, 0.25) is 0 Å². The van der Waals surface area contributed by atoms with Crippen LogP contribution in [0.5, 0.6) is 0 Å². The van der Waals surface area contributed by atoms with Gasteiger partial charge in [-0.3, -0.25) is 4.90 Å². The normalized spacial score (nSPS) is 16.2. The number of anilines is 1. The van der Waals surface area contributed by atoms with Gasteiger partial charge in [0.05, 0.1) is 6.61 Å². The summed E-state index contributed by atoms with van der Waals surface area (Å²) in [6.45, 7) is 5.96. The maximum absolute atomic E-state index is 11.6. The third-order valence-electron chi connectivity index (χ3n) is 3.40. The minimum atomic E-state index is -0.227. The highest BCUT2D eigenvalue weighted by molar-refractivity contribution is 6.30.